The highest BCUT2D eigenvalue weighted by molar-refractivity contribution is 5.94. The number of benzene rings is 2. The first-order chi connectivity index (χ1) is 13.3. The number of aliphatic carboxylic acids is 1. The first kappa shape index (κ1) is 20.9. The second-order valence-corrected chi connectivity index (χ2v) is 5.96. The second kappa shape index (κ2) is 9.50. The van der Waals surface area contributed by atoms with Crippen molar-refractivity contribution in [3.63, 3.8) is 0 Å². The molecule has 7 nitrogen and oxygen atoms in total. The Morgan fingerprint density at radius 2 is 1.82 bits per heavy atom. The predicted molar refractivity (Wildman–Crippen MR) is 98.2 cm³/mol. The fraction of sp³-hybridized carbons (Fsp3) is 0.250. The van der Waals surface area contributed by atoms with E-state index >= 15 is 0 Å². The number of halogens is 1. The number of hydrogen-bond donors (Lipinski definition) is 2. The molecular formula is C20H20FNO6. The average Bonchev–Trinajstić information content (AvgIpc) is 2.66. The van der Waals surface area contributed by atoms with Crippen molar-refractivity contribution in [2.24, 2.45) is 0 Å². The van der Waals surface area contributed by atoms with Crippen LogP contribution in [0.5, 0.6) is 11.5 Å². The van der Waals surface area contributed by atoms with Gasteiger partial charge in [0.2, 0.25) is 12.0 Å². The van der Waals surface area contributed by atoms with Gasteiger partial charge in [-0.3, -0.25) is 9.59 Å². The predicted octanol–water partition coefficient (Wildman–Crippen LogP) is 2.23. The molecule has 0 saturated heterocycles. The summed E-state index contributed by atoms with van der Waals surface area (Å²) < 4.78 is 23.4. The zero-order valence-electron chi connectivity index (χ0n) is 15.4. The van der Waals surface area contributed by atoms with Gasteiger partial charge in [0.25, 0.3) is 0 Å². The van der Waals surface area contributed by atoms with Crippen LogP contribution >= 0.6 is 0 Å². The monoisotopic (exact) mass is 389 g/mol. The van der Waals surface area contributed by atoms with Gasteiger partial charge >= 0.3 is 5.97 Å². The van der Waals surface area contributed by atoms with E-state index in [0.29, 0.717) is 16.9 Å². The molecule has 0 bridgehead atoms. The van der Waals surface area contributed by atoms with Crippen LogP contribution in [0.25, 0.3) is 0 Å². The zero-order valence-corrected chi connectivity index (χ0v) is 15.4. The van der Waals surface area contributed by atoms with Crippen molar-refractivity contribution in [3.8, 4) is 11.5 Å². The molecule has 0 fully saturated rings. The van der Waals surface area contributed by atoms with Crippen molar-refractivity contribution in [2.75, 3.05) is 13.7 Å². The molecule has 0 aliphatic heterocycles. The number of rotatable bonds is 9. The maximum atomic E-state index is 12.9. The summed E-state index contributed by atoms with van der Waals surface area (Å²) >= 11 is 0. The summed E-state index contributed by atoms with van der Waals surface area (Å²) in [5, 5.41) is 11.7. The van der Waals surface area contributed by atoms with Gasteiger partial charge in [-0.05, 0) is 49.4 Å². The molecule has 1 amide bonds. The third-order valence-electron chi connectivity index (χ3n) is 3.89. The van der Waals surface area contributed by atoms with Crippen LogP contribution in [-0.4, -0.2) is 42.5 Å². The zero-order chi connectivity index (χ0) is 20.7. The van der Waals surface area contributed by atoms with E-state index in [1.54, 1.807) is 18.2 Å². The van der Waals surface area contributed by atoms with Crippen LogP contribution in [0.3, 0.4) is 0 Å². The highest BCUT2D eigenvalue weighted by Gasteiger charge is 2.21. The number of hydrogen-bond acceptors (Lipinski definition) is 5. The number of carbonyl (C=O) groups is 3. The molecule has 2 N–H and O–H groups in total. The molecule has 0 aromatic heterocycles. The molecule has 28 heavy (non-hydrogen) atoms. The van der Waals surface area contributed by atoms with Crippen LogP contribution in [0.15, 0.2) is 42.5 Å². The maximum Gasteiger partial charge on any atom is 0.346 e. The Morgan fingerprint density at radius 3 is 2.39 bits per heavy atom. The Labute approximate surface area is 161 Å². The minimum Gasteiger partial charge on any atom is -0.496 e. The standard InChI is InChI=1S/C20H20FNO6/c1-12(23)13-3-8-17(27-2)14(9-13)10-19(24)22-11-18(20(25)26)28-16-6-4-15(21)5-7-16/h3-9,18H,10-11H2,1-2H3,(H,22,24)(H,25,26). The van der Waals surface area contributed by atoms with Crippen LogP contribution < -0.4 is 14.8 Å². The molecule has 8 heteroatoms. The quantitative estimate of drug-likeness (QED) is 0.638. The number of Topliss-reactive ketones (excluding diaryl/α,β-unsaturated/α-hetero) is 1. The molecule has 0 saturated carbocycles. The van der Waals surface area contributed by atoms with Gasteiger partial charge in [-0.25, -0.2) is 9.18 Å². The number of carboxylic acid groups (broad SMARTS) is 1. The van der Waals surface area contributed by atoms with Gasteiger partial charge in [-0.2, -0.15) is 0 Å². The molecule has 2 rings (SSSR count). The lowest BCUT2D eigenvalue weighted by molar-refractivity contribution is -0.145. The van der Waals surface area contributed by atoms with E-state index in [1.165, 1.54) is 26.2 Å². The highest BCUT2D eigenvalue weighted by Crippen LogP contribution is 2.21. The van der Waals surface area contributed by atoms with Crippen LogP contribution in [-0.2, 0) is 16.0 Å². The van der Waals surface area contributed by atoms with E-state index in [9.17, 15) is 23.9 Å². The van der Waals surface area contributed by atoms with Gasteiger partial charge in [0, 0.05) is 11.1 Å². The SMILES string of the molecule is COc1ccc(C(C)=O)cc1CC(=O)NCC(Oc1ccc(F)cc1)C(=O)O. The van der Waals surface area contributed by atoms with Crippen molar-refractivity contribution < 1.29 is 33.4 Å². The molecule has 1 unspecified atom stereocenters. The Kier molecular flexibility index (Phi) is 7.08. The first-order valence-electron chi connectivity index (χ1n) is 8.39. The van der Waals surface area contributed by atoms with Crippen LogP contribution in [0.4, 0.5) is 4.39 Å². The molecule has 2 aromatic carbocycles. The number of methoxy groups -OCH3 is 1. The molecule has 0 aliphatic carbocycles. The number of ketones is 1. The fourth-order valence-corrected chi connectivity index (χ4v) is 2.43. The normalized spacial score (nSPS) is 11.4. The topological polar surface area (TPSA) is 102 Å². The average molecular weight is 389 g/mol. The summed E-state index contributed by atoms with van der Waals surface area (Å²) in [6.45, 7) is 1.12. The number of carbonyl (C=O) groups excluding carboxylic acids is 2. The van der Waals surface area contributed by atoms with E-state index < -0.39 is 23.8 Å². The minimum absolute atomic E-state index is 0.104. The summed E-state index contributed by atoms with van der Waals surface area (Å²) in [5.41, 5.74) is 0.936. The van der Waals surface area contributed by atoms with Gasteiger partial charge in [0.1, 0.15) is 17.3 Å². The Hall–Kier alpha value is -3.42. The van der Waals surface area contributed by atoms with Gasteiger partial charge in [0.15, 0.2) is 5.78 Å². The molecule has 0 spiro atoms. The number of amides is 1. The molecule has 2 aromatic rings. The number of ether oxygens (including phenoxy) is 2. The van der Waals surface area contributed by atoms with Crippen LogP contribution in [0.2, 0.25) is 0 Å². The molecule has 1 atom stereocenters. The van der Waals surface area contributed by atoms with Crippen molar-refractivity contribution in [1.29, 1.82) is 0 Å². The molecule has 148 valence electrons. The van der Waals surface area contributed by atoms with Gasteiger partial charge in [-0.15, -0.1) is 0 Å². The third-order valence-corrected chi connectivity index (χ3v) is 3.89. The van der Waals surface area contributed by atoms with Gasteiger partial charge < -0.3 is 19.9 Å². The Balaban J connectivity index is 2.01. The lowest BCUT2D eigenvalue weighted by Gasteiger charge is -2.16. The summed E-state index contributed by atoms with van der Waals surface area (Å²) in [7, 11) is 1.45. The first-order valence-corrected chi connectivity index (χ1v) is 8.39. The number of carboxylic acids is 1. The maximum absolute atomic E-state index is 12.9. The lowest BCUT2D eigenvalue weighted by atomic mass is 10.0. The van der Waals surface area contributed by atoms with Crippen LogP contribution in [0.1, 0.15) is 22.8 Å². The Morgan fingerprint density at radius 1 is 1.14 bits per heavy atom. The van der Waals surface area contributed by atoms with Gasteiger partial charge in [0.05, 0.1) is 20.1 Å². The van der Waals surface area contributed by atoms with E-state index in [4.69, 9.17) is 9.47 Å². The summed E-state index contributed by atoms with van der Waals surface area (Å²) in [6, 6.07) is 9.62. The molecule has 0 heterocycles. The van der Waals surface area contributed by atoms with E-state index in [2.05, 4.69) is 5.32 Å². The Bertz CT molecular complexity index is 865. The smallest absolute Gasteiger partial charge is 0.346 e. The summed E-state index contributed by atoms with van der Waals surface area (Å²) in [4.78, 5) is 35.1. The largest absolute Gasteiger partial charge is 0.496 e. The van der Waals surface area contributed by atoms with Crippen molar-refractivity contribution in [1.82, 2.24) is 5.32 Å². The van der Waals surface area contributed by atoms with Crippen molar-refractivity contribution >= 4 is 17.7 Å². The summed E-state index contributed by atoms with van der Waals surface area (Å²) in [5.74, 6) is -1.76. The van der Waals surface area contributed by atoms with E-state index in [1.807, 2.05) is 0 Å². The molecule has 0 aliphatic rings. The fourth-order valence-electron chi connectivity index (χ4n) is 2.43. The second-order valence-electron chi connectivity index (χ2n) is 5.96. The minimum atomic E-state index is -1.35. The summed E-state index contributed by atoms with van der Waals surface area (Å²) in [6.07, 6.45) is -1.45. The third kappa shape index (κ3) is 5.80. The highest BCUT2D eigenvalue weighted by atomic mass is 19.1. The number of nitrogens with one attached hydrogen (secondary N) is 1. The molecule has 0 radical (unpaired) electrons. The van der Waals surface area contributed by atoms with E-state index in [-0.39, 0.29) is 24.5 Å². The lowest BCUT2D eigenvalue weighted by Crippen LogP contribution is -2.40. The van der Waals surface area contributed by atoms with Crippen molar-refractivity contribution in [3.05, 3.63) is 59.4 Å². The van der Waals surface area contributed by atoms with E-state index in [0.717, 1.165) is 12.1 Å². The van der Waals surface area contributed by atoms with Crippen molar-refractivity contribution in [2.45, 2.75) is 19.4 Å². The molecular weight excluding hydrogens is 369 g/mol. The van der Waals surface area contributed by atoms with Gasteiger partial charge in [-0.1, -0.05) is 0 Å². The van der Waals surface area contributed by atoms with Crippen LogP contribution in [0, 0.1) is 5.82 Å².